The number of pyridine rings is 1. The van der Waals surface area contributed by atoms with E-state index in [2.05, 4.69) is 4.98 Å². The number of ether oxygens (including phenoxy) is 3. The van der Waals surface area contributed by atoms with E-state index in [1.54, 1.807) is 32.5 Å². The fourth-order valence-electron chi connectivity index (χ4n) is 1.80. The summed E-state index contributed by atoms with van der Waals surface area (Å²) in [5, 5.41) is 10.9. The van der Waals surface area contributed by atoms with Crippen molar-refractivity contribution in [1.29, 1.82) is 0 Å². The topological polar surface area (TPSA) is 60.8 Å². The Balaban J connectivity index is 0.00000264. The summed E-state index contributed by atoms with van der Waals surface area (Å²) >= 11 is 1.48. The number of halogens is 1. The first-order valence-electron chi connectivity index (χ1n) is 6.80. The second-order valence-electron chi connectivity index (χ2n) is 4.44. The van der Waals surface area contributed by atoms with Crippen molar-refractivity contribution in [3.05, 3.63) is 42.6 Å². The van der Waals surface area contributed by atoms with Gasteiger partial charge in [-0.2, -0.15) is 0 Å². The van der Waals surface area contributed by atoms with Crippen LogP contribution in [0.25, 0.3) is 0 Å². The maximum Gasteiger partial charge on any atom is 0.203 e. The maximum atomic E-state index is 10.0. The van der Waals surface area contributed by atoms with Crippen LogP contribution in [0.3, 0.4) is 0 Å². The Hall–Kier alpha value is -1.63. The molecule has 0 saturated carbocycles. The third-order valence-electron chi connectivity index (χ3n) is 2.86. The zero-order chi connectivity index (χ0) is 15.8. The first-order chi connectivity index (χ1) is 10.7. The highest BCUT2D eigenvalue weighted by Crippen LogP contribution is 2.36. The number of thioether (sulfide) groups is 1. The van der Waals surface area contributed by atoms with E-state index >= 15 is 0 Å². The van der Waals surface area contributed by atoms with Crippen LogP contribution in [0.1, 0.15) is 0 Å². The van der Waals surface area contributed by atoms with E-state index in [0.717, 1.165) is 5.03 Å². The molecule has 7 heteroatoms. The predicted molar refractivity (Wildman–Crippen MR) is 93.3 cm³/mol. The Bertz CT molecular complexity index is 563. The molecule has 2 rings (SSSR count). The van der Waals surface area contributed by atoms with Crippen LogP contribution in [0.4, 0.5) is 0 Å². The Morgan fingerprint density at radius 2 is 1.78 bits per heavy atom. The lowest BCUT2D eigenvalue weighted by molar-refractivity contribution is 0.122. The van der Waals surface area contributed by atoms with Gasteiger partial charge < -0.3 is 19.3 Å². The van der Waals surface area contributed by atoms with Crippen molar-refractivity contribution in [2.75, 3.05) is 26.6 Å². The van der Waals surface area contributed by atoms with Gasteiger partial charge in [0.15, 0.2) is 11.5 Å². The molecule has 1 atom stereocenters. The van der Waals surface area contributed by atoms with Gasteiger partial charge in [-0.25, -0.2) is 4.98 Å². The van der Waals surface area contributed by atoms with Crippen molar-refractivity contribution in [2.24, 2.45) is 0 Å². The van der Waals surface area contributed by atoms with Crippen molar-refractivity contribution >= 4 is 24.2 Å². The van der Waals surface area contributed by atoms with Gasteiger partial charge >= 0.3 is 0 Å². The monoisotopic (exact) mass is 357 g/mol. The summed E-state index contributed by atoms with van der Waals surface area (Å²) in [6, 6.07) is 11.1. The van der Waals surface area contributed by atoms with Gasteiger partial charge in [0.1, 0.15) is 6.61 Å². The van der Waals surface area contributed by atoms with Gasteiger partial charge in [0.2, 0.25) is 5.75 Å². The van der Waals surface area contributed by atoms with E-state index in [0.29, 0.717) is 23.0 Å². The van der Waals surface area contributed by atoms with Crippen molar-refractivity contribution < 1.29 is 19.3 Å². The summed E-state index contributed by atoms with van der Waals surface area (Å²) in [6.45, 7) is 0.149. The van der Waals surface area contributed by atoms with Crippen LogP contribution in [0.15, 0.2) is 47.6 Å². The summed E-state index contributed by atoms with van der Waals surface area (Å²) in [5.41, 5.74) is 0. The third kappa shape index (κ3) is 5.82. The molecule has 0 aliphatic carbocycles. The number of aliphatic hydroxyl groups is 1. The summed E-state index contributed by atoms with van der Waals surface area (Å²) in [6.07, 6.45) is 1.10. The molecule has 1 aromatic carbocycles. The molecule has 0 bridgehead atoms. The first kappa shape index (κ1) is 19.4. The molecule has 0 aliphatic heterocycles. The summed E-state index contributed by atoms with van der Waals surface area (Å²) in [5.74, 6) is 2.14. The highest BCUT2D eigenvalue weighted by molar-refractivity contribution is 7.99. The SMILES string of the molecule is COc1cccc(OC)c1OCC(O)CSc1ccccn1.Cl. The number of aliphatic hydroxyl groups excluding tert-OH is 1. The molecular weight excluding hydrogens is 338 g/mol. The van der Waals surface area contributed by atoms with Crippen molar-refractivity contribution in [2.45, 2.75) is 11.1 Å². The molecule has 1 aromatic heterocycles. The summed E-state index contributed by atoms with van der Waals surface area (Å²) < 4.78 is 16.2. The molecule has 0 saturated heterocycles. The highest BCUT2D eigenvalue weighted by Gasteiger charge is 2.14. The molecule has 1 unspecified atom stereocenters. The van der Waals surface area contributed by atoms with Gasteiger partial charge in [-0.1, -0.05) is 12.1 Å². The second kappa shape index (κ2) is 10.2. The van der Waals surface area contributed by atoms with Crippen LogP contribution < -0.4 is 14.2 Å². The summed E-state index contributed by atoms with van der Waals surface area (Å²) in [7, 11) is 3.13. The Morgan fingerprint density at radius 3 is 2.35 bits per heavy atom. The largest absolute Gasteiger partial charge is 0.493 e. The number of para-hydroxylation sites is 1. The Morgan fingerprint density at radius 1 is 1.09 bits per heavy atom. The van der Waals surface area contributed by atoms with Crippen LogP contribution in [-0.4, -0.2) is 42.8 Å². The molecule has 0 radical (unpaired) electrons. The quantitative estimate of drug-likeness (QED) is 0.733. The van der Waals surface area contributed by atoms with E-state index in [1.165, 1.54) is 11.8 Å². The molecule has 0 spiro atoms. The molecular formula is C16H20ClNO4S. The van der Waals surface area contributed by atoms with E-state index in [1.807, 2.05) is 24.3 Å². The minimum atomic E-state index is -0.623. The third-order valence-corrected chi connectivity index (χ3v) is 3.95. The zero-order valence-corrected chi connectivity index (χ0v) is 14.6. The van der Waals surface area contributed by atoms with Crippen LogP contribution >= 0.6 is 24.2 Å². The van der Waals surface area contributed by atoms with Gasteiger partial charge in [0.05, 0.1) is 25.3 Å². The van der Waals surface area contributed by atoms with Crippen LogP contribution in [0, 0.1) is 0 Å². The highest BCUT2D eigenvalue weighted by atomic mass is 35.5. The number of hydrogen-bond acceptors (Lipinski definition) is 6. The molecule has 5 nitrogen and oxygen atoms in total. The molecule has 126 valence electrons. The number of hydrogen-bond donors (Lipinski definition) is 1. The van der Waals surface area contributed by atoms with Crippen LogP contribution in [0.2, 0.25) is 0 Å². The summed E-state index contributed by atoms with van der Waals surface area (Å²) in [4.78, 5) is 4.19. The predicted octanol–water partition coefficient (Wildman–Crippen LogP) is 3.05. The fourth-order valence-corrected chi connectivity index (χ4v) is 2.57. The number of methoxy groups -OCH3 is 2. The Labute approximate surface area is 146 Å². The standard InChI is InChI=1S/C16H19NO4S.ClH/c1-19-13-6-5-7-14(20-2)16(13)21-10-12(18)11-22-15-8-3-4-9-17-15;/h3-9,12,18H,10-11H2,1-2H3;1H. The van der Waals surface area contributed by atoms with Crippen molar-refractivity contribution in [3.8, 4) is 17.2 Å². The lowest BCUT2D eigenvalue weighted by Crippen LogP contribution is -2.20. The van der Waals surface area contributed by atoms with Crippen LogP contribution in [0.5, 0.6) is 17.2 Å². The average molecular weight is 358 g/mol. The van der Waals surface area contributed by atoms with Gasteiger partial charge in [-0.05, 0) is 24.3 Å². The van der Waals surface area contributed by atoms with Crippen LogP contribution in [-0.2, 0) is 0 Å². The minimum Gasteiger partial charge on any atom is -0.493 e. The number of benzene rings is 1. The number of nitrogens with zero attached hydrogens (tertiary/aromatic N) is 1. The lowest BCUT2D eigenvalue weighted by atomic mass is 10.3. The fraction of sp³-hybridized carbons (Fsp3) is 0.312. The molecule has 2 aromatic rings. The molecule has 23 heavy (non-hydrogen) atoms. The molecule has 1 heterocycles. The van der Waals surface area contributed by atoms with Crippen molar-refractivity contribution in [3.63, 3.8) is 0 Å². The normalized spacial score (nSPS) is 11.3. The minimum absolute atomic E-state index is 0. The van der Waals surface area contributed by atoms with E-state index in [-0.39, 0.29) is 19.0 Å². The molecule has 0 fully saturated rings. The maximum absolute atomic E-state index is 10.0. The first-order valence-corrected chi connectivity index (χ1v) is 7.79. The second-order valence-corrected chi connectivity index (χ2v) is 5.48. The zero-order valence-electron chi connectivity index (χ0n) is 13.0. The molecule has 0 amide bonds. The van der Waals surface area contributed by atoms with Crippen molar-refractivity contribution in [1.82, 2.24) is 4.98 Å². The Kier molecular flexibility index (Phi) is 8.61. The van der Waals surface area contributed by atoms with E-state index in [4.69, 9.17) is 14.2 Å². The van der Waals surface area contributed by atoms with Gasteiger partial charge in [-0.15, -0.1) is 24.2 Å². The average Bonchev–Trinajstić information content (AvgIpc) is 2.58. The molecule has 1 N–H and O–H groups in total. The molecule has 0 aliphatic rings. The number of rotatable bonds is 8. The van der Waals surface area contributed by atoms with Gasteiger partial charge in [0.25, 0.3) is 0 Å². The smallest absolute Gasteiger partial charge is 0.203 e. The van der Waals surface area contributed by atoms with E-state index in [9.17, 15) is 5.11 Å². The lowest BCUT2D eigenvalue weighted by Gasteiger charge is -2.16. The van der Waals surface area contributed by atoms with Gasteiger partial charge in [-0.3, -0.25) is 0 Å². The number of aromatic nitrogens is 1. The van der Waals surface area contributed by atoms with Gasteiger partial charge in [0, 0.05) is 11.9 Å². The van der Waals surface area contributed by atoms with E-state index < -0.39 is 6.10 Å².